The van der Waals surface area contributed by atoms with Crippen molar-refractivity contribution in [2.45, 2.75) is 77.9 Å². The lowest BCUT2D eigenvalue weighted by molar-refractivity contribution is -0.122. The van der Waals surface area contributed by atoms with Crippen molar-refractivity contribution >= 4 is 40.6 Å². The molecule has 0 saturated heterocycles. The number of amides is 3. The third kappa shape index (κ3) is 6.47. The molecule has 4 rings (SSSR count). The van der Waals surface area contributed by atoms with E-state index in [0.717, 1.165) is 53.9 Å². The summed E-state index contributed by atoms with van der Waals surface area (Å²) in [7, 11) is 0. The molecule has 9 heteroatoms. The molecular formula is C30H37N5O3S. The van der Waals surface area contributed by atoms with E-state index >= 15 is 0 Å². The molecule has 2 aromatic carbocycles. The highest BCUT2D eigenvalue weighted by Crippen LogP contribution is 2.31. The van der Waals surface area contributed by atoms with E-state index in [9.17, 15) is 14.4 Å². The van der Waals surface area contributed by atoms with E-state index in [0.29, 0.717) is 18.7 Å². The zero-order valence-corrected chi connectivity index (χ0v) is 23.6. The summed E-state index contributed by atoms with van der Waals surface area (Å²) in [5.74, 6) is -1.08. The van der Waals surface area contributed by atoms with Gasteiger partial charge in [-0.1, -0.05) is 68.7 Å². The third-order valence-electron chi connectivity index (χ3n) is 7.44. The number of benzene rings is 2. The van der Waals surface area contributed by atoms with Crippen molar-refractivity contribution in [3.8, 4) is 0 Å². The fraction of sp³-hybridized carbons (Fsp3) is 0.400. The topological polar surface area (TPSA) is 117 Å². The highest BCUT2D eigenvalue weighted by atomic mass is 32.1. The second-order valence-corrected chi connectivity index (χ2v) is 10.9. The molecule has 1 saturated carbocycles. The van der Waals surface area contributed by atoms with E-state index in [4.69, 9.17) is 5.73 Å². The van der Waals surface area contributed by atoms with E-state index in [1.165, 1.54) is 11.3 Å². The van der Waals surface area contributed by atoms with Gasteiger partial charge < -0.3 is 16.4 Å². The van der Waals surface area contributed by atoms with Crippen LogP contribution in [0.15, 0.2) is 48.5 Å². The summed E-state index contributed by atoms with van der Waals surface area (Å²) in [6.07, 6.45) is 5.58. The monoisotopic (exact) mass is 547 g/mol. The summed E-state index contributed by atoms with van der Waals surface area (Å²) in [4.78, 5) is 42.3. The van der Waals surface area contributed by atoms with Gasteiger partial charge in [0.25, 0.3) is 11.8 Å². The van der Waals surface area contributed by atoms with Gasteiger partial charge in [-0.2, -0.15) is 4.37 Å². The molecule has 0 bridgehead atoms. The van der Waals surface area contributed by atoms with Crippen molar-refractivity contribution in [3.63, 3.8) is 0 Å². The van der Waals surface area contributed by atoms with Crippen LogP contribution in [0, 0.1) is 13.8 Å². The van der Waals surface area contributed by atoms with Crippen molar-refractivity contribution in [3.05, 3.63) is 75.8 Å². The Morgan fingerprint density at radius 3 is 2.46 bits per heavy atom. The average Bonchev–Trinajstić information content (AvgIpc) is 3.34. The Bertz CT molecular complexity index is 1320. The minimum Gasteiger partial charge on any atom is -0.395 e. The normalized spacial score (nSPS) is 14.4. The number of anilines is 2. The largest absolute Gasteiger partial charge is 0.395 e. The fourth-order valence-electron chi connectivity index (χ4n) is 5.03. The molecule has 1 aliphatic carbocycles. The molecule has 0 aliphatic heterocycles. The molecule has 1 atom stereocenters. The first-order chi connectivity index (χ1) is 18.8. The molecule has 1 fully saturated rings. The number of hydrogen-bond donors (Lipinski definition) is 3. The first-order valence-electron chi connectivity index (χ1n) is 13.6. The van der Waals surface area contributed by atoms with Crippen LogP contribution in [0.1, 0.15) is 82.3 Å². The maximum absolute atomic E-state index is 14.1. The SMILES string of the molecule is CC[C@H](C(=O)NCc1ccccc1)N(C(=O)c1snc(C(=O)NC2CCCCC2)c1N)c1cccc(C)c1C. The van der Waals surface area contributed by atoms with Gasteiger partial charge in [0.05, 0.1) is 5.69 Å². The lowest BCUT2D eigenvalue weighted by Gasteiger charge is -2.32. The summed E-state index contributed by atoms with van der Waals surface area (Å²) in [5, 5.41) is 6.01. The first kappa shape index (κ1) is 28.3. The zero-order chi connectivity index (χ0) is 27.9. The number of nitrogens with one attached hydrogen (secondary N) is 2. The number of aryl methyl sites for hydroxylation is 1. The molecule has 0 spiro atoms. The van der Waals surface area contributed by atoms with Crippen LogP contribution in [0.25, 0.3) is 0 Å². The molecule has 1 heterocycles. The molecule has 4 N–H and O–H groups in total. The Balaban J connectivity index is 1.64. The lowest BCUT2D eigenvalue weighted by atomic mass is 9.95. The summed E-state index contributed by atoms with van der Waals surface area (Å²) in [6.45, 7) is 6.11. The lowest BCUT2D eigenvalue weighted by Crippen LogP contribution is -2.50. The van der Waals surface area contributed by atoms with E-state index in [-0.39, 0.29) is 34.1 Å². The van der Waals surface area contributed by atoms with Gasteiger partial charge in [-0.05, 0) is 67.4 Å². The van der Waals surface area contributed by atoms with Gasteiger partial charge in [0.2, 0.25) is 5.91 Å². The highest BCUT2D eigenvalue weighted by Gasteiger charge is 2.35. The molecule has 39 heavy (non-hydrogen) atoms. The molecule has 0 unspecified atom stereocenters. The number of rotatable bonds is 9. The van der Waals surface area contributed by atoms with Crippen LogP contribution in [0.3, 0.4) is 0 Å². The van der Waals surface area contributed by atoms with Gasteiger partial charge in [0.15, 0.2) is 5.69 Å². The van der Waals surface area contributed by atoms with Crippen molar-refractivity contribution in [2.75, 3.05) is 10.6 Å². The molecule has 3 aromatic rings. The van der Waals surface area contributed by atoms with Gasteiger partial charge in [-0.25, -0.2) is 0 Å². The van der Waals surface area contributed by atoms with E-state index in [1.807, 2.05) is 69.3 Å². The van der Waals surface area contributed by atoms with Crippen LogP contribution in [0.5, 0.6) is 0 Å². The van der Waals surface area contributed by atoms with Crippen LogP contribution < -0.4 is 21.3 Å². The van der Waals surface area contributed by atoms with E-state index in [1.54, 1.807) is 0 Å². The number of aromatic nitrogens is 1. The standard InChI is InChI=1S/C30H37N5O3S/c1-4-23(28(36)32-18-21-13-7-5-8-14-21)35(24-17-11-12-19(2)20(24)3)30(38)27-25(31)26(34-39-27)29(37)33-22-15-9-6-10-16-22/h5,7-8,11-14,17,22-23H,4,6,9-10,15-16,18,31H2,1-3H3,(H,32,36)(H,33,37)/t23-/m1/s1. The molecule has 3 amide bonds. The Hall–Kier alpha value is -3.72. The quantitative estimate of drug-likeness (QED) is 0.343. The zero-order valence-electron chi connectivity index (χ0n) is 22.8. The number of nitrogens with two attached hydrogens (primary N) is 1. The summed E-state index contributed by atoms with van der Waals surface area (Å²) >= 11 is 0.899. The molecular weight excluding hydrogens is 510 g/mol. The van der Waals surface area contributed by atoms with Crippen LogP contribution in [0.4, 0.5) is 11.4 Å². The number of carbonyl (C=O) groups excluding carboxylic acids is 3. The molecule has 8 nitrogen and oxygen atoms in total. The van der Waals surface area contributed by atoms with Crippen LogP contribution in [-0.2, 0) is 11.3 Å². The summed E-state index contributed by atoms with van der Waals surface area (Å²) in [5.41, 5.74) is 9.97. The van der Waals surface area contributed by atoms with E-state index < -0.39 is 11.9 Å². The minimum atomic E-state index is -0.789. The Kier molecular flexibility index (Phi) is 9.35. The van der Waals surface area contributed by atoms with Gasteiger partial charge in [0.1, 0.15) is 10.9 Å². The molecule has 1 aromatic heterocycles. The van der Waals surface area contributed by atoms with Crippen molar-refractivity contribution in [1.29, 1.82) is 0 Å². The maximum atomic E-state index is 14.1. The Morgan fingerprint density at radius 1 is 1.05 bits per heavy atom. The highest BCUT2D eigenvalue weighted by molar-refractivity contribution is 7.09. The number of nitrogens with zero attached hydrogens (tertiary/aromatic N) is 2. The maximum Gasteiger partial charge on any atom is 0.273 e. The van der Waals surface area contributed by atoms with Crippen LogP contribution in [-0.4, -0.2) is 34.2 Å². The Labute approximate surface area is 234 Å². The number of hydrogen-bond acceptors (Lipinski definition) is 6. The van der Waals surface area contributed by atoms with Crippen LogP contribution >= 0.6 is 11.5 Å². The van der Waals surface area contributed by atoms with Gasteiger partial charge in [0, 0.05) is 18.3 Å². The van der Waals surface area contributed by atoms with Crippen molar-refractivity contribution in [2.24, 2.45) is 0 Å². The molecule has 206 valence electrons. The summed E-state index contributed by atoms with van der Waals surface area (Å²) in [6, 6.07) is 14.6. The second kappa shape index (κ2) is 12.9. The number of carbonyl (C=O) groups is 3. The van der Waals surface area contributed by atoms with Crippen molar-refractivity contribution < 1.29 is 14.4 Å². The van der Waals surface area contributed by atoms with Gasteiger partial charge in [-0.15, -0.1) is 0 Å². The van der Waals surface area contributed by atoms with Crippen molar-refractivity contribution in [1.82, 2.24) is 15.0 Å². The average molecular weight is 548 g/mol. The minimum absolute atomic E-state index is 0.0492. The Morgan fingerprint density at radius 2 is 1.77 bits per heavy atom. The van der Waals surface area contributed by atoms with Crippen LogP contribution in [0.2, 0.25) is 0 Å². The summed E-state index contributed by atoms with van der Waals surface area (Å²) < 4.78 is 4.28. The predicted molar refractivity (Wildman–Crippen MR) is 156 cm³/mol. The molecule has 1 aliphatic rings. The molecule has 0 radical (unpaired) electrons. The smallest absolute Gasteiger partial charge is 0.273 e. The third-order valence-corrected chi connectivity index (χ3v) is 8.29. The fourth-order valence-corrected chi connectivity index (χ4v) is 5.76. The first-order valence-corrected chi connectivity index (χ1v) is 14.4. The number of nitrogen functional groups attached to an aromatic ring is 1. The van der Waals surface area contributed by atoms with E-state index in [2.05, 4.69) is 15.0 Å². The van der Waals surface area contributed by atoms with Gasteiger partial charge >= 0.3 is 0 Å². The van der Waals surface area contributed by atoms with Gasteiger partial charge in [-0.3, -0.25) is 19.3 Å². The predicted octanol–water partition coefficient (Wildman–Crippen LogP) is 5.15. The second-order valence-electron chi connectivity index (χ2n) is 10.1.